The van der Waals surface area contributed by atoms with Gasteiger partial charge in [0.2, 0.25) is 0 Å². The maximum Gasteiger partial charge on any atom is 0.129 e. The van der Waals surface area contributed by atoms with Crippen molar-refractivity contribution in [3.63, 3.8) is 0 Å². The van der Waals surface area contributed by atoms with Gasteiger partial charge in [-0.3, -0.25) is 4.84 Å². The van der Waals surface area contributed by atoms with Gasteiger partial charge in [-0.2, -0.15) is 5.06 Å². The highest BCUT2D eigenvalue weighted by atomic mass is 16.7. The zero-order valence-corrected chi connectivity index (χ0v) is 13.0. The van der Waals surface area contributed by atoms with E-state index in [1.165, 1.54) is 10.8 Å². The summed E-state index contributed by atoms with van der Waals surface area (Å²) in [5, 5.41) is 4.50. The molecule has 0 saturated carbocycles. The molecule has 1 aliphatic rings. The average Bonchev–Trinajstić information content (AvgIpc) is 2.46. The lowest BCUT2D eigenvalue weighted by Gasteiger charge is -2.37. The average molecular weight is 285 g/mol. The Labute approximate surface area is 126 Å². The normalized spacial score (nSPS) is 17.4. The Morgan fingerprint density at radius 3 is 2.33 bits per heavy atom. The molecule has 0 N–H and O–H groups in total. The van der Waals surface area contributed by atoms with Crippen molar-refractivity contribution in [3.05, 3.63) is 36.5 Å². The largest absolute Gasteiger partial charge is 0.354 e. The summed E-state index contributed by atoms with van der Waals surface area (Å²) in [4.78, 5) is 12.8. The Hall–Kier alpha value is -1.65. The number of piperazine rings is 1. The second-order valence-electron chi connectivity index (χ2n) is 6.51. The van der Waals surface area contributed by atoms with Crippen molar-refractivity contribution in [2.45, 2.75) is 26.4 Å². The first-order chi connectivity index (χ1) is 10.0. The molecule has 1 fully saturated rings. The third-order valence-corrected chi connectivity index (χ3v) is 3.58. The second-order valence-corrected chi connectivity index (χ2v) is 6.51. The minimum Gasteiger partial charge on any atom is -0.354 e. The molecular weight excluding hydrogens is 262 g/mol. The standard InChI is InChI=1S/C17H23N3O/c1-17(2,3)21-20-10-8-19(9-11-20)16-12-14-6-4-5-7-15(14)13-18-16/h4-7,12-13H,8-11H2,1-3H3. The van der Waals surface area contributed by atoms with Gasteiger partial charge in [-0.05, 0) is 32.2 Å². The number of hydroxylamine groups is 2. The van der Waals surface area contributed by atoms with E-state index in [1.807, 2.05) is 12.3 Å². The molecule has 4 heteroatoms. The van der Waals surface area contributed by atoms with E-state index in [4.69, 9.17) is 4.84 Å². The molecule has 0 amide bonds. The fraction of sp³-hybridized carbons (Fsp3) is 0.471. The number of hydrogen-bond donors (Lipinski definition) is 0. The summed E-state index contributed by atoms with van der Waals surface area (Å²) in [6.45, 7) is 9.97. The Kier molecular flexibility index (Phi) is 3.83. The van der Waals surface area contributed by atoms with Crippen LogP contribution in [0.1, 0.15) is 20.8 Å². The molecule has 0 aliphatic carbocycles. The molecule has 1 aliphatic heterocycles. The Balaban J connectivity index is 1.68. The molecular formula is C17H23N3O. The predicted octanol–water partition coefficient (Wildman–Crippen LogP) is 3.09. The Morgan fingerprint density at radius 2 is 1.67 bits per heavy atom. The summed E-state index contributed by atoms with van der Waals surface area (Å²) in [5.74, 6) is 1.06. The van der Waals surface area contributed by atoms with Crippen LogP contribution in [0.2, 0.25) is 0 Å². The quantitative estimate of drug-likeness (QED) is 0.848. The van der Waals surface area contributed by atoms with Gasteiger partial charge in [0, 0.05) is 37.8 Å². The molecule has 1 aromatic heterocycles. The molecule has 3 rings (SSSR count). The van der Waals surface area contributed by atoms with Crippen LogP contribution in [0.25, 0.3) is 10.8 Å². The lowest BCUT2D eigenvalue weighted by molar-refractivity contribution is -0.230. The van der Waals surface area contributed by atoms with Gasteiger partial charge < -0.3 is 4.90 Å². The summed E-state index contributed by atoms with van der Waals surface area (Å²) in [6.07, 6.45) is 1.96. The van der Waals surface area contributed by atoms with Crippen molar-refractivity contribution in [2.24, 2.45) is 0 Å². The first-order valence-electron chi connectivity index (χ1n) is 7.55. The van der Waals surface area contributed by atoms with Crippen LogP contribution in [-0.4, -0.2) is 41.8 Å². The molecule has 0 unspecified atom stereocenters. The molecule has 0 atom stereocenters. The minimum absolute atomic E-state index is 0.122. The number of nitrogens with zero attached hydrogens (tertiary/aromatic N) is 3. The van der Waals surface area contributed by atoms with Crippen LogP contribution in [0.5, 0.6) is 0 Å². The summed E-state index contributed by atoms with van der Waals surface area (Å²) in [7, 11) is 0. The SMILES string of the molecule is CC(C)(C)ON1CCN(c2cc3ccccc3cn2)CC1. The van der Waals surface area contributed by atoms with E-state index in [2.05, 4.69) is 60.0 Å². The number of pyridine rings is 1. The van der Waals surface area contributed by atoms with Crippen molar-refractivity contribution in [2.75, 3.05) is 31.1 Å². The van der Waals surface area contributed by atoms with Gasteiger partial charge in [0.1, 0.15) is 5.82 Å². The lowest BCUT2D eigenvalue weighted by Crippen LogP contribution is -2.48. The van der Waals surface area contributed by atoms with Gasteiger partial charge in [-0.25, -0.2) is 4.98 Å². The van der Waals surface area contributed by atoms with Crippen molar-refractivity contribution < 1.29 is 4.84 Å². The van der Waals surface area contributed by atoms with E-state index < -0.39 is 0 Å². The van der Waals surface area contributed by atoms with Crippen molar-refractivity contribution in [1.29, 1.82) is 0 Å². The molecule has 1 saturated heterocycles. The van der Waals surface area contributed by atoms with E-state index in [1.54, 1.807) is 0 Å². The van der Waals surface area contributed by atoms with Crippen LogP contribution in [0.3, 0.4) is 0 Å². The summed E-state index contributed by atoms with van der Waals surface area (Å²) < 4.78 is 0. The topological polar surface area (TPSA) is 28.6 Å². The Morgan fingerprint density at radius 1 is 1.00 bits per heavy atom. The van der Waals surface area contributed by atoms with Gasteiger partial charge >= 0.3 is 0 Å². The smallest absolute Gasteiger partial charge is 0.129 e. The zero-order valence-electron chi connectivity index (χ0n) is 13.0. The van der Waals surface area contributed by atoms with Crippen molar-refractivity contribution in [3.8, 4) is 0 Å². The number of aromatic nitrogens is 1. The number of hydrogen-bond acceptors (Lipinski definition) is 4. The molecule has 0 spiro atoms. The number of benzene rings is 1. The van der Waals surface area contributed by atoms with Crippen LogP contribution in [-0.2, 0) is 4.84 Å². The molecule has 4 nitrogen and oxygen atoms in total. The summed E-state index contributed by atoms with van der Waals surface area (Å²) >= 11 is 0. The number of rotatable bonds is 2. The van der Waals surface area contributed by atoms with E-state index in [0.29, 0.717) is 0 Å². The van der Waals surface area contributed by atoms with Crippen LogP contribution >= 0.6 is 0 Å². The fourth-order valence-electron chi connectivity index (χ4n) is 2.64. The number of anilines is 1. The maximum atomic E-state index is 5.92. The molecule has 112 valence electrons. The van der Waals surface area contributed by atoms with E-state index in [0.717, 1.165) is 32.0 Å². The highest BCUT2D eigenvalue weighted by molar-refractivity contribution is 5.83. The minimum atomic E-state index is -0.122. The highest BCUT2D eigenvalue weighted by Crippen LogP contribution is 2.21. The van der Waals surface area contributed by atoms with Crippen molar-refractivity contribution in [1.82, 2.24) is 10.0 Å². The van der Waals surface area contributed by atoms with Gasteiger partial charge in [0.05, 0.1) is 5.60 Å². The molecule has 21 heavy (non-hydrogen) atoms. The summed E-state index contributed by atoms with van der Waals surface area (Å²) in [6, 6.07) is 10.5. The van der Waals surface area contributed by atoms with Crippen molar-refractivity contribution >= 4 is 16.6 Å². The molecule has 0 radical (unpaired) electrons. The third kappa shape index (κ3) is 3.52. The van der Waals surface area contributed by atoms with Gasteiger partial charge in [-0.15, -0.1) is 0 Å². The molecule has 0 bridgehead atoms. The van der Waals surface area contributed by atoms with Crippen LogP contribution in [0.4, 0.5) is 5.82 Å². The van der Waals surface area contributed by atoms with E-state index >= 15 is 0 Å². The van der Waals surface area contributed by atoms with Crippen LogP contribution < -0.4 is 4.90 Å². The van der Waals surface area contributed by atoms with E-state index in [9.17, 15) is 0 Å². The molecule has 1 aromatic carbocycles. The van der Waals surface area contributed by atoms with Gasteiger partial charge in [0.25, 0.3) is 0 Å². The van der Waals surface area contributed by atoms with Crippen LogP contribution in [0, 0.1) is 0 Å². The number of fused-ring (bicyclic) bond motifs is 1. The Bertz CT molecular complexity index is 613. The van der Waals surface area contributed by atoms with E-state index in [-0.39, 0.29) is 5.60 Å². The first kappa shape index (κ1) is 14.3. The first-order valence-corrected chi connectivity index (χ1v) is 7.55. The maximum absolute atomic E-state index is 5.92. The van der Waals surface area contributed by atoms with Crippen LogP contribution in [0.15, 0.2) is 36.5 Å². The van der Waals surface area contributed by atoms with Gasteiger partial charge in [-0.1, -0.05) is 24.3 Å². The molecule has 2 heterocycles. The van der Waals surface area contributed by atoms with Gasteiger partial charge in [0.15, 0.2) is 0 Å². The third-order valence-electron chi connectivity index (χ3n) is 3.58. The lowest BCUT2D eigenvalue weighted by atomic mass is 10.2. The fourth-order valence-corrected chi connectivity index (χ4v) is 2.64. The summed E-state index contributed by atoms with van der Waals surface area (Å²) in [5.41, 5.74) is -0.122. The second kappa shape index (κ2) is 5.62. The predicted molar refractivity (Wildman–Crippen MR) is 86.4 cm³/mol. The zero-order chi connectivity index (χ0) is 14.9. The highest BCUT2D eigenvalue weighted by Gasteiger charge is 2.22. The molecule has 2 aromatic rings. The monoisotopic (exact) mass is 285 g/mol.